The van der Waals surface area contributed by atoms with Gasteiger partial charge < -0.3 is 10.0 Å². The molecule has 3 aromatic rings. The highest BCUT2D eigenvalue weighted by Crippen LogP contribution is 2.40. The first kappa shape index (κ1) is 19.9. The molecule has 2 aromatic carbocycles. The second-order valence-electron chi connectivity index (χ2n) is 7.21. The van der Waals surface area contributed by atoms with Crippen LogP contribution in [0.4, 0.5) is 0 Å². The summed E-state index contributed by atoms with van der Waals surface area (Å²) in [5.74, 6) is -1.56. The quantitative estimate of drug-likeness (QED) is 0.380. The van der Waals surface area contributed by atoms with Crippen LogP contribution in [-0.2, 0) is 16.1 Å². The molecule has 5 nitrogen and oxygen atoms in total. The van der Waals surface area contributed by atoms with Crippen molar-refractivity contribution in [2.24, 2.45) is 0 Å². The summed E-state index contributed by atoms with van der Waals surface area (Å²) in [7, 11) is 0. The summed E-state index contributed by atoms with van der Waals surface area (Å²) in [6, 6.07) is 17.0. The molecule has 150 valence electrons. The maximum absolute atomic E-state index is 13.0. The van der Waals surface area contributed by atoms with E-state index in [1.54, 1.807) is 54.9 Å². The lowest BCUT2D eigenvalue weighted by Gasteiger charge is -2.25. The van der Waals surface area contributed by atoms with Crippen LogP contribution in [0.5, 0.6) is 0 Å². The minimum absolute atomic E-state index is 0.0649. The summed E-state index contributed by atoms with van der Waals surface area (Å²) in [6.07, 6.45) is 3.30. The van der Waals surface area contributed by atoms with E-state index in [1.165, 1.54) is 4.90 Å². The molecule has 0 spiro atoms. The summed E-state index contributed by atoms with van der Waals surface area (Å²) in [5, 5.41) is 11.6. The monoisotopic (exact) mass is 418 g/mol. The van der Waals surface area contributed by atoms with Crippen molar-refractivity contribution in [1.29, 1.82) is 0 Å². The molecular weight excluding hydrogens is 400 g/mol. The number of ketones is 1. The van der Waals surface area contributed by atoms with Crippen LogP contribution in [0, 0.1) is 6.92 Å². The Labute approximate surface area is 179 Å². The highest BCUT2D eigenvalue weighted by Gasteiger charge is 2.46. The number of aromatic nitrogens is 1. The minimum atomic E-state index is -0.733. The highest BCUT2D eigenvalue weighted by atomic mass is 35.5. The van der Waals surface area contributed by atoms with Crippen molar-refractivity contribution < 1.29 is 14.7 Å². The molecule has 0 radical (unpaired) electrons. The number of pyridine rings is 1. The Morgan fingerprint density at radius 3 is 2.40 bits per heavy atom. The molecule has 1 aliphatic heterocycles. The molecule has 1 N–H and O–H groups in total. The number of benzene rings is 2. The molecule has 1 atom stereocenters. The van der Waals surface area contributed by atoms with E-state index in [0.29, 0.717) is 16.1 Å². The average Bonchev–Trinajstić information content (AvgIpc) is 3.00. The molecule has 1 aromatic heterocycles. The van der Waals surface area contributed by atoms with Gasteiger partial charge in [0.2, 0.25) is 0 Å². The summed E-state index contributed by atoms with van der Waals surface area (Å²) < 4.78 is 0. The van der Waals surface area contributed by atoms with Gasteiger partial charge in [0, 0.05) is 29.5 Å². The van der Waals surface area contributed by atoms with E-state index in [-0.39, 0.29) is 17.9 Å². The highest BCUT2D eigenvalue weighted by molar-refractivity contribution is 6.46. The number of likely N-dealkylation sites (tertiary alicyclic amines) is 1. The van der Waals surface area contributed by atoms with Crippen molar-refractivity contribution in [2.45, 2.75) is 19.5 Å². The van der Waals surface area contributed by atoms with Crippen LogP contribution in [0.25, 0.3) is 5.76 Å². The van der Waals surface area contributed by atoms with Crippen molar-refractivity contribution in [2.75, 3.05) is 0 Å². The van der Waals surface area contributed by atoms with Crippen LogP contribution >= 0.6 is 11.6 Å². The first-order valence-corrected chi connectivity index (χ1v) is 9.83. The van der Waals surface area contributed by atoms with Crippen molar-refractivity contribution in [3.63, 3.8) is 0 Å². The van der Waals surface area contributed by atoms with Gasteiger partial charge in [-0.2, -0.15) is 0 Å². The third-order valence-corrected chi connectivity index (χ3v) is 5.38. The molecule has 1 fully saturated rings. The molecule has 0 bridgehead atoms. The van der Waals surface area contributed by atoms with Crippen LogP contribution in [0.15, 0.2) is 78.6 Å². The zero-order valence-electron chi connectivity index (χ0n) is 16.2. The largest absolute Gasteiger partial charge is 0.507 e. The minimum Gasteiger partial charge on any atom is -0.507 e. The Kier molecular flexibility index (Phi) is 5.38. The topological polar surface area (TPSA) is 70.5 Å². The van der Waals surface area contributed by atoms with Crippen LogP contribution in [0.2, 0.25) is 5.02 Å². The van der Waals surface area contributed by atoms with E-state index >= 15 is 0 Å². The predicted molar refractivity (Wildman–Crippen MR) is 115 cm³/mol. The normalized spacial score (nSPS) is 18.1. The van der Waals surface area contributed by atoms with Crippen molar-refractivity contribution in [3.8, 4) is 0 Å². The van der Waals surface area contributed by atoms with E-state index in [4.69, 9.17) is 11.6 Å². The van der Waals surface area contributed by atoms with E-state index in [9.17, 15) is 14.7 Å². The maximum Gasteiger partial charge on any atom is 0.295 e. The first-order valence-electron chi connectivity index (χ1n) is 9.45. The van der Waals surface area contributed by atoms with Gasteiger partial charge >= 0.3 is 0 Å². The Balaban J connectivity index is 1.85. The van der Waals surface area contributed by atoms with Crippen LogP contribution in [0.1, 0.15) is 28.3 Å². The van der Waals surface area contributed by atoms with Crippen molar-refractivity contribution >= 4 is 29.1 Å². The second-order valence-corrected chi connectivity index (χ2v) is 7.64. The number of hydrogen-bond donors (Lipinski definition) is 1. The van der Waals surface area contributed by atoms with Gasteiger partial charge in [-0.05, 0) is 36.2 Å². The standard InChI is InChI=1S/C24H19ClN2O3/c1-15-4-6-18(7-5-15)22(28)20-21(17-8-10-19(25)11-9-17)27(24(30)23(20)29)14-16-3-2-12-26-13-16/h2-13,21,28H,14H2,1H3/b22-20-. The summed E-state index contributed by atoms with van der Waals surface area (Å²) >= 11 is 6.03. The van der Waals surface area contributed by atoms with E-state index < -0.39 is 17.7 Å². The number of aryl methyl sites for hydroxylation is 1. The number of aliphatic hydroxyl groups excluding tert-OH is 1. The van der Waals surface area contributed by atoms with Gasteiger partial charge in [-0.1, -0.05) is 59.6 Å². The lowest BCUT2D eigenvalue weighted by atomic mass is 9.95. The lowest BCUT2D eigenvalue weighted by molar-refractivity contribution is -0.140. The number of aliphatic hydroxyl groups is 1. The third-order valence-electron chi connectivity index (χ3n) is 5.13. The van der Waals surface area contributed by atoms with E-state index in [1.807, 2.05) is 25.1 Å². The number of amides is 1. The molecule has 1 saturated heterocycles. The van der Waals surface area contributed by atoms with Gasteiger partial charge in [0.1, 0.15) is 5.76 Å². The van der Waals surface area contributed by atoms with Gasteiger partial charge in [0.05, 0.1) is 11.6 Å². The second kappa shape index (κ2) is 8.13. The fourth-order valence-corrected chi connectivity index (χ4v) is 3.72. The molecule has 1 amide bonds. The molecule has 30 heavy (non-hydrogen) atoms. The Hall–Kier alpha value is -3.44. The van der Waals surface area contributed by atoms with Crippen molar-refractivity contribution in [1.82, 2.24) is 9.88 Å². The number of carbonyl (C=O) groups is 2. The fraction of sp³-hybridized carbons (Fsp3) is 0.125. The number of nitrogens with zero attached hydrogens (tertiary/aromatic N) is 2. The first-order chi connectivity index (χ1) is 14.5. The summed E-state index contributed by atoms with van der Waals surface area (Å²) in [5.41, 5.74) is 3.05. The molecule has 1 aliphatic rings. The maximum atomic E-state index is 13.0. The molecule has 0 aliphatic carbocycles. The molecular formula is C24H19ClN2O3. The molecule has 1 unspecified atom stereocenters. The van der Waals surface area contributed by atoms with Crippen LogP contribution < -0.4 is 0 Å². The number of Topliss-reactive ketones (excluding diaryl/α,β-unsaturated/α-hetero) is 1. The SMILES string of the molecule is Cc1ccc(/C(O)=C2/C(=O)C(=O)N(Cc3cccnc3)C2c2ccc(Cl)cc2)cc1. The average molecular weight is 419 g/mol. The van der Waals surface area contributed by atoms with Crippen LogP contribution in [0.3, 0.4) is 0 Å². The van der Waals surface area contributed by atoms with Gasteiger partial charge in [0.25, 0.3) is 11.7 Å². The number of halogens is 1. The lowest BCUT2D eigenvalue weighted by Crippen LogP contribution is -2.29. The summed E-state index contributed by atoms with van der Waals surface area (Å²) in [4.78, 5) is 31.5. The summed E-state index contributed by atoms with van der Waals surface area (Å²) in [6.45, 7) is 2.13. The number of carbonyl (C=O) groups excluding carboxylic acids is 2. The zero-order chi connectivity index (χ0) is 21.3. The fourth-order valence-electron chi connectivity index (χ4n) is 3.59. The predicted octanol–water partition coefficient (Wildman–Crippen LogP) is 4.67. The van der Waals surface area contributed by atoms with Gasteiger partial charge in [-0.25, -0.2) is 0 Å². The molecule has 6 heteroatoms. The zero-order valence-corrected chi connectivity index (χ0v) is 17.0. The van der Waals surface area contributed by atoms with Gasteiger partial charge in [-0.3, -0.25) is 14.6 Å². The van der Waals surface area contributed by atoms with Gasteiger partial charge in [-0.15, -0.1) is 0 Å². The number of rotatable bonds is 4. The van der Waals surface area contributed by atoms with Crippen LogP contribution in [-0.4, -0.2) is 26.7 Å². The molecule has 4 rings (SSSR count). The smallest absolute Gasteiger partial charge is 0.295 e. The van der Waals surface area contributed by atoms with E-state index in [2.05, 4.69) is 4.98 Å². The van der Waals surface area contributed by atoms with Crippen molar-refractivity contribution in [3.05, 3.63) is 106 Å². The van der Waals surface area contributed by atoms with E-state index in [0.717, 1.165) is 11.1 Å². The van der Waals surface area contributed by atoms with Gasteiger partial charge in [0.15, 0.2) is 0 Å². The Morgan fingerprint density at radius 1 is 1.07 bits per heavy atom. The number of hydrogen-bond acceptors (Lipinski definition) is 4. The molecule has 2 heterocycles. The Morgan fingerprint density at radius 2 is 1.77 bits per heavy atom. The molecule has 0 saturated carbocycles. The third kappa shape index (κ3) is 3.72. The Bertz CT molecular complexity index is 1120.